The van der Waals surface area contributed by atoms with Crippen LogP contribution in [0.1, 0.15) is 20.8 Å². The largest absolute Gasteiger partial charge is 0.406 e. The van der Waals surface area contributed by atoms with Crippen molar-refractivity contribution >= 4 is 10.0 Å². The van der Waals surface area contributed by atoms with Crippen LogP contribution in [0.25, 0.3) is 0 Å². The monoisotopic (exact) mass is 219 g/mol. The molecule has 1 N–H and O–H groups in total. The second kappa shape index (κ2) is 3.83. The first-order valence-electron chi connectivity index (χ1n) is 3.65. The number of halogens is 3. The van der Waals surface area contributed by atoms with Crippen LogP contribution < -0.4 is 4.72 Å². The molecule has 0 fully saturated rings. The van der Waals surface area contributed by atoms with Gasteiger partial charge in [-0.25, -0.2) is 13.1 Å². The standard InChI is InChI=1S/C6H12F3NO2S/c1-4(2)10-13(11,12)5(3)6(7,8)9/h4-5,10H,1-3H3. The van der Waals surface area contributed by atoms with Crippen LogP contribution in [0.3, 0.4) is 0 Å². The van der Waals surface area contributed by atoms with Gasteiger partial charge in [0.2, 0.25) is 10.0 Å². The summed E-state index contributed by atoms with van der Waals surface area (Å²) in [5, 5.41) is -2.37. The Morgan fingerprint density at radius 2 is 1.54 bits per heavy atom. The molecule has 1 atom stereocenters. The van der Waals surface area contributed by atoms with E-state index in [4.69, 9.17) is 0 Å². The Morgan fingerprint density at radius 1 is 1.15 bits per heavy atom. The molecule has 0 aromatic heterocycles. The van der Waals surface area contributed by atoms with E-state index in [0.717, 1.165) is 0 Å². The first-order valence-corrected chi connectivity index (χ1v) is 5.20. The van der Waals surface area contributed by atoms with Gasteiger partial charge in [-0.05, 0) is 20.8 Å². The van der Waals surface area contributed by atoms with E-state index in [1.54, 1.807) is 0 Å². The van der Waals surface area contributed by atoms with Crippen molar-refractivity contribution in [2.45, 2.75) is 38.2 Å². The number of hydrogen-bond donors (Lipinski definition) is 1. The zero-order valence-corrected chi connectivity index (χ0v) is 8.33. The van der Waals surface area contributed by atoms with Gasteiger partial charge in [-0.15, -0.1) is 0 Å². The first kappa shape index (κ1) is 12.7. The van der Waals surface area contributed by atoms with E-state index in [1.807, 2.05) is 4.72 Å². The molecule has 0 aliphatic rings. The molecule has 0 heterocycles. The maximum Gasteiger partial charge on any atom is 0.406 e. The molecule has 0 saturated heterocycles. The summed E-state index contributed by atoms with van der Waals surface area (Å²) in [6.07, 6.45) is -4.72. The van der Waals surface area contributed by atoms with Crippen molar-refractivity contribution in [1.82, 2.24) is 4.72 Å². The number of rotatable bonds is 3. The second-order valence-electron chi connectivity index (χ2n) is 3.00. The fourth-order valence-electron chi connectivity index (χ4n) is 0.607. The van der Waals surface area contributed by atoms with Crippen LogP contribution in [0.5, 0.6) is 0 Å². The summed E-state index contributed by atoms with van der Waals surface area (Å²) < 4.78 is 59.7. The highest BCUT2D eigenvalue weighted by Crippen LogP contribution is 2.24. The van der Waals surface area contributed by atoms with Gasteiger partial charge >= 0.3 is 6.18 Å². The van der Waals surface area contributed by atoms with E-state index in [0.29, 0.717) is 6.92 Å². The molecule has 0 aliphatic heterocycles. The Hall–Kier alpha value is -0.300. The quantitative estimate of drug-likeness (QED) is 0.776. The minimum atomic E-state index is -4.72. The van der Waals surface area contributed by atoms with Crippen LogP contribution in [0, 0.1) is 0 Å². The van der Waals surface area contributed by atoms with Gasteiger partial charge in [0.05, 0.1) is 0 Å². The summed E-state index contributed by atoms with van der Waals surface area (Å²) in [5.41, 5.74) is 0. The predicted molar refractivity (Wildman–Crippen MR) is 42.7 cm³/mol. The van der Waals surface area contributed by atoms with Crippen LogP contribution in [0.15, 0.2) is 0 Å². The van der Waals surface area contributed by atoms with Crippen LogP contribution in [0.2, 0.25) is 0 Å². The highest BCUT2D eigenvalue weighted by atomic mass is 32.2. The third kappa shape index (κ3) is 3.95. The fraction of sp³-hybridized carbons (Fsp3) is 1.00. The second-order valence-corrected chi connectivity index (χ2v) is 5.03. The Labute approximate surface area is 75.4 Å². The summed E-state index contributed by atoms with van der Waals surface area (Å²) in [4.78, 5) is 0. The smallest absolute Gasteiger partial charge is 0.212 e. The topological polar surface area (TPSA) is 46.2 Å². The van der Waals surface area contributed by atoms with Crippen molar-refractivity contribution in [3.05, 3.63) is 0 Å². The summed E-state index contributed by atoms with van der Waals surface area (Å²) in [7, 11) is -4.29. The molecule has 0 saturated carbocycles. The molecule has 7 heteroatoms. The molecule has 80 valence electrons. The SMILES string of the molecule is CC(C)NS(=O)(=O)C(C)C(F)(F)F. The third-order valence-electron chi connectivity index (χ3n) is 1.33. The summed E-state index contributed by atoms with van der Waals surface area (Å²) in [6.45, 7) is 3.53. The zero-order chi connectivity index (χ0) is 10.9. The molecule has 0 amide bonds. The average Bonchev–Trinajstić information content (AvgIpc) is 1.80. The minimum absolute atomic E-state index is 0.533. The average molecular weight is 219 g/mol. The molecule has 0 aromatic rings. The Balaban J connectivity index is 4.67. The fourth-order valence-corrected chi connectivity index (χ4v) is 1.82. The number of nitrogens with one attached hydrogen (secondary N) is 1. The van der Waals surface area contributed by atoms with Crippen molar-refractivity contribution in [3.8, 4) is 0 Å². The van der Waals surface area contributed by atoms with Gasteiger partial charge in [0.15, 0.2) is 5.25 Å². The van der Waals surface area contributed by atoms with Gasteiger partial charge in [-0.1, -0.05) is 0 Å². The van der Waals surface area contributed by atoms with Gasteiger partial charge < -0.3 is 0 Å². The Kier molecular flexibility index (Phi) is 3.74. The Bertz CT molecular complexity index is 258. The van der Waals surface area contributed by atoms with Gasteiger partial charge in [-0.2, -0.15) is 13.2 Å². The molecule has 3 nitrogen and oxygen atoms in total. The highest BCUT2D eigenvalue weighted by Gasteiger charge is 2.45. The molecule has 13 heavy (non-hydrogen) atoms. The van der Waals surface area contributed by atoms with E-state index < -0.39 is 27.5 Å². The maximum absolute atomic E-state index is 12.0. The van der Waals surface area contributed by atoms with Crippen molar-refractivity contribution in [2.24, 2.45) is 0 Å². The Morgan fingerprint density at radius 3 is 1.77 bits per heavy atom. The molecule has 0 bridgehead atoms. The normalized spacial score (nSPS) is 16.2. The highest BCUT2D eigenvalue weighted by molar-refractivity contribution is 7.90. The van der Waals surface area contributed by atoms with Gasteiger partial charge in [0.1, 0.15) is 0 Å². The molecule has 0 rings (SSSR count). The lowest BCUT2D eigenvalue weighted by molar-refractivity contribution is -0.127. The third-order valence-corrected chi connectivity index (χ3v) is 3.32. The molecular formula is C6H12F3NO2S. The van der Waals surface area contributed by atoms with E-state index >= 15 is 0 Å². The van der Waals surface area contributed by atoms with E-state index in [9.17, 15) is 21.6 Å². The summed E-state index contributed by atoms with van der Waals surface area (Å²) in [6, 6.07) is -0.533. The van der Waals surface area contributed by atoms with Crippen LogP contribution in [0.4, 0.5) is 13.2 Å². The van der Waals surface area contributed by atoms with Crippen molar-refractivity contribution in [3.63, 3.8) is 0 Å². The van der Waals surface area contributed by atoms with Gasteiger partial charge in [0.25, 0.3) is 0 Å². The molecule has 0 radical (unpaired) electrons. The van der Waals surface area contributed by atoms with Gasteiger partial charge in [-0.3, -0.25) is 0 Å². The van der Waals surface area contributed by atoms with Crippen LogP contribution >= 0.6 is 0 Å². The lowest BCUT2D eigenvalue weighted by Gasteiger charge is -2.18. The zero-order valence-electron chi connectivity index (χ0n) is 7.51. The molecular weight excluding hydrogens is 207 g/mol. The molecule has 0 aromatic carbocycles. The number of hydrogen-bond acceptors (Lipinski definition) is 2. The van der Waals surface area contributed by atoms with Crippen molar-refractivity contribution in [1.29, 1.82) is 0 Å². The van der Waals surface area contributed by atoms with Crippen LogP contribution in [-0.4, -0.2) is 25.9 Å². The van der Waals surface area contributed by atoms with Crippen molar-refractivity contribution < 1.29 is 21.6 Å². The number of sulfonamides is 1. The lowest BCUT2D eigenvalue weighted by atomic mass is 10.4. The minimum Gasteiger partial charge on any atom is -0.212 e. The van der Waals surface area contributed by atoms with E-state index in [-0.39, 0.29) is 0 Å². The van der Waals surface area contributed by atoms with Gasteiger partial charge in [0, 0.05) is 6.04 Å². The molecule has 0 spiro atoms. The van der Waals surface area contributed by atoms with Crippen molar-refractivity contribution in [2.75, 3.05) is 0 Å². The number of alkyl halides is 3. The molecule has 1 unspecified atom stereocenters. The van der Waals surface area contributed by atoms with E-state index in [1.165, 1.54) is 13.8 Å². The summed E-state index contributed by atoms with van der Waals surface area (Å²) in [5.74, 6) is 0. The van der Waals surface area contributed by atoms with Crippen LogP contribution in [-0.2, 0) is 10.0 Å². The predicted octanol–water partition coefficient (Wildman–Crippen LogP) is 1.27. The van der Waals surface area contributed by atoms with E-state index in [2.05, 4.69) is 0 Å². The molecule has 0 aliphatic carbocycles. The maximum atomic E-state index is 12.0. The first-order chi connectivity index (χ1) is 5.57. The lowest BCUT2D eigenvalue weighted by Crippen LogP contribution is -2.44. The summed E-state index contributed by atoms with van der Waals surface area (Å²) >= 11 is 0.